The molecule has 4 heteroatoms. The maximum absolute atomic E-state index is 9.97. The number of aliphatic hydroxyl groups excluding tert-OH is 1. The van der Waals surface area contributed by atoms with Crippen LogP contribution in [0, 0.1) is 0 Å². The van der Waals surface area contributed by atoms with Gasteiger partial charge in [0.25, 0.3) is 0 Å². The van der Waals surface area contributed by atoms with Crippen LogP contribution < -0.4 is 0 Å². The number of aliphatic hydroxyl groups is 1. The summed E-state index contributed by atoms with van der Waals surface area (Å²) in [6.07, 6.45) is 2.27. The first kappa shape index (κ1) is 13.4. The van der Waals surface area contributed by atoms with Gasteiger partial charge >= 0.3 is 0 Å². The van der Waals surface area contributed by atoms with Crippen molar-refractivity contribution in [3.8, 4) is 5.88 Å². The van der Waals surface area contributed by atoms with Gasteiger partial charge in [-0.25, -0.2) is 0 Å². The zero-order valence-corrected chi connectivity index (χ0v) is 11.5. The van der Waals surface area contributed by atoms with Gasteiger partial charge in [-0.1, -0.05) is 30.3 Å². The van der Waals surface area contributed by atoms with Gasteiger partial charge in [0.05, 0.1) is 11.3 Å². The highest BCUT2D eigenvalue weighted by atomic mass is 16.3. The minimum Gasteiger partial charge on any atom is -0.494 e. The number of para-hydroxylation sites is 1. The molecule has 0 radical (unpaired) electrons. The Labute approximate surface area is 122 Å². The van der Waals surface area contributed by atoms with Gasteiger partial charge in [0, 0.05) is 23.7 Å². The fourth-order valence-electron chi connectivity index (χ4n) is 2.34. The van der Waals surface area contributed by atoms with E-state index in [2.05, 4.69) is 9.98 Å². The van der Waals surface area contributed by atoms with Crippen LogP contribution in [0.2, 0.25) is 0 Å². The van der Waals surface area contributed by atoms with Gasteiger partial charge in [-0.05, 0) is 30.2 Å². The Morgan fingerprint density at radius 2 is 1.95 bits per heavy atom. The molecule has 106 valence electrons. The van der Waals surface area contributed by atoms with E-state index in [0.717, 1.165) is 22.2 Å². The van der Waals surface area contributed by atoms with Crippen LogP contribution in [0.15, 0.2) is 53.5 Å². The smallest absolute Gasteiger partial charge is 0.198 e. The highest BCUT2D eigenvalue weighted by Crippen LogP contribution is 2.26. The Bertz CT molecular complexity index is 790. The highest BCUT2D eigenvalue weighted by Gasteiger charge is 2.07. The standard InChI is InChI=1S/C17H16N2O2/c20-9-8-12-4-3-5-13(10-12)18-11-15-14-6-1-2-7-16(14)19-17(15)21/h1-7,10-11,19-21H,8-9H2. The van der Waals surface area contributed by atoms with E-state index < -0.39 is 0 Å². The lowest BCUT2D eigenvalue weighted by molar-refractivity contribution is 0.299. The third-order valence-corrected chi connectivity index (χ3v) is 3.38. The van der Waals surface area contributed by atoms with Crippen LogP contribution >= 0.6 is 0 Å². The number of rotatable bonds is 4. The predicted octanol–water partition coefficient (Wildman–Crippen LogP) is 3.16. The Morgan fingerprint density at radius 3 is 2.81 bits per heavy atom. The van der Waals surface area contributed by atoms with E-state index >= 15 is 0 Å². The summed E-state index contributed by atoms with van der Waals surface area (Å²) in [6, 6.07) is 15.4. The summed E-state index contributed by atoms with van der Waals surface area (Å²) in [5, 5.41) is 19.9. The van der Waals surface area contributed by atoms with Gasteiger partial charge in [0.15, 0.2) is 5.88 Å². The average molecular weight is 280 g/mol. The number of fused-ring (bicyclic) bond motifs is 1. The lowest BCUT2D eigenvalue weighted by Crippen LogP contribution is -1.89. The topological polar surface area (TPSA) is 68.6 Å². The van der Waals surface area contributed by atoms with Gasteiger partial charge in [-0.3, -0.25) is 4.99 Å². The van der Waals surface area contributed by atoms with Crippen LogP contribution in [0.5, 0.6) is 5.88 Å². The number of hydrogen-bond acceptors (Lipinski definition) is 3. The predicted molar refractivity (Wildman–Crippen MR) is 84.4 cm³/mol. The number of hydrogen-bond donors (Lipinski definition) is 3. The van der Waals surface area contributed by atoms with Crippen molar-refractivity contribution in [2.45, 2.75) is 6.42 Å². The Hall–Kier alpha value is -2.59. The molecule has 1 aromatic heterocycles. The van der Waals surface area contributed by atoms with Gasteiger partial charge in [0.2, 0.25) is 0 Å². The van der Waals surface area contributed by atoms with E-state index in [1.165, 1.54) is 0 Å². The molecule has 0 aliphatic carbocycles. The van der Waals surface area contributed by atoms with Crippen LogP contribution in [-0.4, -0.2) is 28.0 Å². The molecule has 0 aliphatic heterocycles. The Kier molecular flexibility index (Phi) is 3.71. The van der Waals surface area contributed by atoms with Gasteiger partial charge in [-0.15, -0.1) is 0 Å². The van der Waals surface area contributed by atoms with Crippen molar-refractivity contribution in [3.05, 3.63) is 59.7 Å². The summed E-state index contributed by atoms with van der Waals surface area (Å²) in [6.45, 7) is 0.121. The molecule has 0 saturated heterocycles. The van der Waals surface area contributed by atoms with E-state index in [0.29, 0.717) is 12.0 Å². The Morgan fingerprint density at radius 1 is 1.10 bits per heavy atom. The molecule has 3 aromatic rings. The zero-order chi connectivity index (χ0) is 14.7. The van der Waals surface area contributed by atoms with Crippen LogP contribution in [0.4, 0.5) is 5.69 Å². The molecule has 0 fully saturated rings. The van der Waals surface area contributed by atoms with Crippen LogP contribution in [0.3, 0.4) is 0 Å². The first-order valence-corrected chi connectivity index (χ1v) is 6.81. The van der Waals surface area contributed by atoms with E-state index in [-0.39, 0.29) is 12.5 Å². The molecular weight excluding hydrogens is 264 g/mol. The molecule has 2 aromatic carbocycles. The molecule has 4 nitrogen and oxygen atoms in total. The second-order valence-corrected chi connectivity index (χ2v) is 4.83. The van der Waals surface area contributed by atoms with Gasteiger partial charge in [0.1, 0.15) is 0 Å². The second kappa shape index (κ2) is 5.81. The average Bonchev–Trinajstić information content (AvgIpc) is 2.81. The maximum atomic E-state index is 9.97. The van der Waals surface area contributed by atoms with Crippen LogP contribution in [-0.2, 0) is 6.42 Å². The van der Waals surface area contributed by atoms with Crippen LogP contribution in [0.1, 0.15) is 11.1 Å². The number of aliphatic imine (C=N–C) groups is 1. The summed E-state index contributed by atoms with van der Waals surface area (Å²) in [5.41, 5.74) is 3.39. The largest absolute Gasteiger partial charge is 0.494 e. The quantitative estimate of drug-likeness (QED) is 0.642. The molecule has 3 rings (SSSR count). The zero-order valence-electron chi connectivity index (χ0n) is 11.5. The fraction of sp³-hybridized carbons (Fsp3) is 0.118. The van der Waals surface area contributed by atoms with E-state index in [1.54, 1.807) is 6.21 Å². The van der Waals surface area contributed by atoms with Crippen molar-refractivity contribution in [1.29, 1.82) is 0 Å². The maximum Gasteiger partial charge on any atom is 0.198 e. The molecular formula is C17H16N2O2. The number of nitrogens with zero attached hydrogens (tertiary/aromatic N) is 1. The van der Waals surface area contributed by atoms with Crippen LogP contribution in [0.25, 0.3) is 10.9 Å². The number of H-pyrrole nitrogens is 1. The SMILES string of the molecule is OCCc1cccc(N=Cc2c(O)[nH]c3ccccc23)c1. The third-order valence-electron chi connectivity index (χ3n) is 3.38. The second-order valence-electron chi connectivity index (χ2n) is 4.83. The van der Waals surface area contributed by atoms with Crippen molar-refractivity contribution in [1.82, 2.24) is 4.98 Å². The lowest BCUT2D eigenvalue weighted by Gasteiger charge is -1.99. The van der Waals surface area contributed by atoms with Gasteiger partial charge < -0.3 is 15.2 Å². The molecule has 0 amide bonds. The lowest BCUT2D eigenvalue weighted by atomic mass is 10.1. The monoisotopic (exact) mass is 280 g/mol. The molecule has 21 heavy (non-hydrogen) atoms. The van der Waals surface area contributed by atoms with E-state index in [1.807, 2.05) is 48.5 Å². The number of aromatic hydroxyl groups is 1. The summed E-state index contributed by atoms with van der Waals surface area (Å²) >= 11 is 0. The molecule has 0 atom stereocenters. The van der Waals surface area contributed by atoms with Crippen molar-refractivity contribution in [2.24, 2.45) is 4.99 Å². The molecule has 0 saturated carbocycles. The summed E-state index contributed by atoms with van der Waals surface area (Å²) in [4.78, 5) is 7.34. The molecule has 0 spiro atoms. The Balaban J connectivity index is 1.94. The number of benzene rings is 2. The number of aromatic amines is 1. The molecule has 1 heterocycles. The third kappa shape index (κ3) is 2.80. The molecule has 3 N–H and O–H groups in total. The minimum atomic E-state index is 0.117. The van der Waals surface area contributed by atoms with Crippen molar-refractivity contribution in [3.63, 3.8) is 0 Å². The first-order valence-electron chi connectivity index (χ1n) is 6.81. The molecule has 0 unspecified atom stereocenters. The summed E-state index contributed by atoms with van der Waals surface area (Å²) < 4.78 is 0. The number of aromatic nitrogens is 1. The van der Waals surface area contributed by atoms with Crippen molar-refractivity contribution < 1.29 is 10.2 Å². The van der Waals surface area contributed by atoms with Crippen molar-refractivity contribution >= 4 is 22.8 Å². The fourth-order valence-corrected chi connectivity index (χ4v) is 2.34. The summed E-state index contributed by atoms with van der Waals surface area (Å²) in [7, 11) is 0. The summed E-state index contributed by atoms with van der Waals surface area (Å²) in [5.74, 6) is 0.117. The van der Waals surface area contributed by atoms with E-state index in [9.17, 15) is 5.11 Å². The molecule has 0 bridgehead atoms. The minimum absolute atomic E-state index is 0.117. The normalized spacial score (nSPS) is 11.5. The molecule has 0 aliphatic rings. The van der Waals surface area contributed by atoms with Gasteiger partial charge in [-0.2, -0.15) is 0 Å². The van der Waals surface area contributed by atoms with Crippen molar-refractivity contribution in [2.75, 3.05) is 6.61 Å². The van der Waals surface area contributed by atoms with E-state index in [4.69, 9.17) is 5.11 Å². The first-order chi connectivity index (χ1) is 10.3. The highest BCUT2D eigenvalue weighted by molar-refractivity contribution is 6.02. The number of nitrogens with one attached hydrogen (secondary N) is 1.